The molecule has 4 rings (SSSR count). The monoisotopic (exact) mass is 435 g/mol. The minimum atomic E-state index is -0.519. The van der Waals surface area contributed by atoms with Crippen LogP contribution in [0.15, 0.2) is 60.0 Å². The number of carbonyl (C=O) groups excluding carboxylic acids is 2. The number of aromatic nitrogens is 3. The van der Waals surface area contributed by atoms with E-state index >= 15 is 0 Å². The van der Waals surface area contributed by atoms with Crippen molar-refractivity contribution in [2.75, 3.05) is 4.90 Å². The number of anilines is 2. The summed E-state index contributed by atoms with van der Waals surface area (Å²) >= 11 is 1.18. The van der Waals surface area contributed by atoms with E-state index in [1.807, 2.05) is 24.3 Å². The molecule has 0 saturated carbocycles. The second kappa shape index (κ2) is 8.88. The van der Waals surface area contributed by atoms with Crippen LogP contribution in [0.5, 0.6) is 0 Å². The smallest absolute Gasteiger partial charge is 0.244 e. The Bertz CT molecular complexity index is 1250. The molecular formula is C22H18FN5O2S. The number of nitrogens with zero attached hydrogens (tertiary/aromatic N) is 3. The summed E-state index contributed by atoms with van der Waals surface area (Å²) < 4.78 is 14.1. The third-order valence-corrected chi connectivity index (χ3v) is 5.23. The molecular weight excluding hydrogens is 417 g/mol. The quantitative estimate of drug-likeness (QED) is 0.445. The molecule has 31 heavy (non-hydrogen) atoms. The average Bonchev–Trinajstić information content (AvgIpc) is 3.39. The first-order chi connectivity index (χ1) is 15.0. The first kappa shape index (κ1) is 20.4. The zero-order valence-corrected chi connectivity index (χ0v) is 17.3. The Morgan fingerprint density at radius 3 is 2.71 bits per heavy atom. The predicted octanol–water partition coefficient (Wildman–Crippen LogP) is 4.17. The highest BCUT2D eigenvalue weighted by Gasteiger charge is 2.20. The Morgan fingerprint density at radius 1 is 1.16 bits per heavy atom. The number of hydrogen-bond acceptors (Lipinski definition) is 5. The van der Waals surface area contributed by atoms with Crippen LogP contribution < -0.4 is 10.2 Å². The zero-order chi connectivity index (χ0) is 21.8. The first-order valence-electron chi connectivity index (χ1n) is 9.41. The van der Waals surface area contributed by atoms with Crippen molar-refractivity contribution < 1.29 is 14.0 Å². The number of imidazole rings is 1. The summed E-state index contributed by atoms with van der Waals surface area (Å²) in [4.78, 5) is 37.3. The van der Waals surface area contributed by atoms with Gasteiger partial charge >= 0.3 is 0 Å². The largest absolute Gasteiger partial charge is 0.345 e. The van der Waals surface area contributed by atoms with Crippen LogP contribution in [0.1, 0.15) is 18.4 Å². The Kier molecular flexibility index (Phi) is 5.85. The predicted molar refractivity (Wildman–Crippen MR) is 118 cm³/mol. The summed E-state index contributed by atoms with van der Waals surface area (Å²) in [6.07, 6.45) is 2.89. The molecule has 0 bridgehead atoms. The highest BCUT2D eigenvalue weighted by atomic mass is 32.1. The molecule has 2 heterocycles. The number of rotatable bonds is 6. The van der Waals surface area contributed by atoms with E-state index in [1.165, 1.54) is 47.4 Å². The van der Waals surface area contributed by atoms with Crippen LogP contribution in [0.25, 0.3) is 17.1 Å². The lowest BCUT2D eigenvalue weighted by atomic mass is 10.3. The molecule has 2 aromatic heterocycles. The maximum atomic E-state index is 14.1. The van der Waals surface area contributed by atoms with E-state index in [0.29, 0.717) is 16.6 Å². The molecule has 0 aliphatic carbocycles. The SMILES string of the molecule is CC(=O)N(c1nc(/C=C/C(=O)NCc2nc3ccccc3[nH]2)cs1)c1ccccc1F. The van der Waals surface area contributed by atoms with Crippen LogP contribution in [-0.4, -0.2) is 26.8 Å². The molecule has 0 fully saturated rings. The maximum Gasteiger partial charge on any atom is 0.244 e. The molecule has 2 N–H and O–H groups in total. The van der Waals surface area contributed by atoms with E-state index in [1.54, 1.807) is 17.5 Å². The summed E-state index contributed by atoms with van der Waals surface area (Å²) in [6, 6.07) is 13.6. The van der Waals surface area contributed by atoms with Gasteiger partial charge in [0.2, 0.25) is 11.8 Å². The highest BCUT2D eigenvalue weighted by molar-refractivity contribution is 7.14. The summed E-state index contributed by atoms with van der Waals surface area (Å²) in [6.45, 7) is 1.60. The van der Waals surface area contributed by atoms with E-state index in [2.05, 4.69) is 20.3 Å². The lowest BCUT2D eigenvalue weighted by molar-refractivity contribution is -0.117. The summed E-state index contributed by atoms with van der Waals surface area (Å²) in [5, 5.41) is 4.76. The van der Waals surface area contributed by atoms with Gasteiger partial charge in [-0.1, -0.05) is 24.3 Å². The van der Waals surface area contributed by atoms with Gasteiger partial charge in [0.1, 0.15) is 11.6 Å². The third kappa shape index (κ3) is 4.67. The molecule has 0 atom stereocenters. The van der Waals surface area contributed by atoms with Gasteiger partial charge in [-0.2, -0.15) is 0 Å². The van der Waals surface area contributed by atoms with Crippen LogP contribution in [0.4, 0.5) is 15.2 Å². The Labute approximate surface area is 181 Å². The second-order valence-electron chi connectivity index (χ2n) is 6.61. The Balaban J connectivity index is 1.42. The fourth-order valence-electron chi connectivity index (χ4n) is 2.98. The van der Waals surface area contributed by atoms with E-state index in [4.69, 9.17) is 0 Å². The summed E-state index contributed by atoms with van der Waals surface area (Å²) in [7, 11) is 0. The number of thiazole rings is 1. The number of nitrogens with one attached hydrogen (secondary N) is 2. The van der Waals surface area contributed by atoms with Crippen molar-refractivity contribution in [2.24, 2.45) is 0 Å². The molecule has 2 aromatic carbocycles. The molecule has 0 radical (unpaired) electrons. The van der Waals surface area contributed by atoms with Gasteiger partial charge in [-0.15, -0.1) is 11.3 Å². The molecule has 4 aromatic rings. The van der Waals surface area contributed by atoms with Gasteiger partial charge < -0.3 is 10.3 Å². The van der Waals surface area contributed by atoms with Crippen LogP contribution in [0.3, 0.4) is 0 Å². The third-order valence-electron chi connectivity index (χ3n) is 4.38. The van der Waals surface area contributed by atoms with Crippen molar-refractivity contribution in [3.05, 3.63) is 77.3 Å². The molecule has 0 aliphatic rings. The minimum Gasteiger partial charge on any atom is -0.345 e. The lowest BCUT2D eigenvalue weighted by Crippen LogP contribution is -2.23. The summed E-state index contributed by atoms with van der Waals surface area (Å²) in [5.41, 5.74) is 2.36. The van der Waals surface area contributed by atoms with Crippen molar-refractivity contribution in [1.82, 2.24) is 20.3 Å². The molecule has 0 spiro atoms. The normalized spacial score (nSPS) is 11.2. The number of aromatic amines is 1. The molecule has 0 aliphatic heterocycles. The number of benzene rings is 2. The molecule has 7 nitrogen and oxygen atoms in total. The lowest BCUT2D eigenvalue weighted by Gasteiger charge is -2.18. The van der Waals surface area contributed by atoms with Crippen LogP contribution in [0, 0.1) is 5.82 Å². The van der Waals surface area contributed by atoms with Crippen molar-refractivity contribution in [3.63, 3.8) is 0 Å². The highest BCUT2D eigenvalue weighted by Crippen LogP contribution is 2.30. The number of H-pyrrole nitrogens is 1. The van der Waals surface area contributed by atoms with Crippen LogP contribution in [0.2, 0.25) is 0 Å². The van der Waals surface area contributed by atoms with Crippen LogP contribution in [-0.2, 0) is 16.1 Å². The maximum absolute atomic E-state index is 14.1. The summed E-state index contributed by atoms with van der Waals surface area (Å²) in [5.74, 6) is -0.540. The molecule has 156 valence electrons. The number of fused-ring (bicyclic) bond motifs is 1. The Morgan fingerprint density at radius 2 is 1.94 bits per heavy atom. The number of hydrogen-bond donors (Lipinski definition) is 2. The molecule has 0 unspecified atom stereocenters. The van der Waals surface area contributed by atoms with Gasteiger partial charge in [0.15, 0.2) is 5.13 Å². The average molecular weight is 435 g/mol. The topological polar surface area (TPSA) is 91.0 Å². The van der Waals surface area contributed by atoms with E-state index < -0.39 is 5.82 Å². The van der Waals surface area contributed by atoms with Crippen molar-refractivity contribution in [1.29, 1.82) is 0 Å². The number of amides is 2. The zero-order valence-electron chi connectivity index (χ0n) is 16.5. The molecule has 2 amide bonds. The van der Waals surface area contributed by atoms with Crippen molar-refractivity contribution in [3.8, 4) is 0 Å². The van der Waals surface area contributed by atoms with Gasteiger partial charge in [-0.25, -0.2) is 14.4 Å². The van der Waals surface area contributed by atoms with E-state index in [9.17, 15) is 14.0 Å². The Hall–Kier alpha value is -3.85. The number of carbonyl (C=O) groups is 2. The number of para-hydroxylation sites is 3. The second-order valence-corrected chi connectivity index (χ2v) is 7.45. The number of halogens is 1. The fourth-order valence-corrected chi connectivity index (χ4v) is 3.82. The van der Waals surface area contributed by atoms with Gasteiger partial charge in [0.25, 0.3) is 0 Å². The molecule has 9 heteroatoms. The van der Waals surface area contributed by atoms with E-state index in [-0.39, 0.29) is 24.0 Å². The fraction of sp³-hybridized carbons (Fsp3) is 0.0909. The van der Waals surface area contributed by atoms with Gasteiger partial charge in [-0.3, -0.25) is 14.5 Å². The standard InChI is InChI=1S/C22H18FN5O2S/c1-14(29)28(19-9-5-2-6-16(19)23)22-25-15(13-31-22)10-11-21(30)24-12-20-26-17-7-3-4-8-18(17)27-20/h2-11,13H,12H2,1H3,(H,24,30)(H,26,27)/b11-10+. The van der Waals surface area contributed by atoms with Crippen molar-refractivity contribution >= 4 is 51.1 Å². The minimum absolute atomic E-state index is 0.128. The van der Waals surface area contributed by atoms with Crippen molar-refractivity contribution in [2.45, 2.75) is 13.5 Å². The van der Waals surface area contributed by atoms with Gasteiger partial charge in [-0.05, 0) is 30.3 Å². The van der Waals surface area contributed by atoms with Gasteiger partial charge in [0.05, 0.1) is 29.0 Å². The van der Waals surface area contributed by atoms with Gasteiger partial charge in [0, 0.05) is 18.4 Å². The molecule has 0 saturated heterocycles. The van der Waals surface area contributed by atoms with E-state index in [0.717, 1.165) is 11.0 Å². The van der Waals surface area contributed by atoms with Crippen LogP contribution >= 0.6 is 11.3 Å². The first-order valence-corrected chi connectivity index (χ1v) is 10.3.